The van der Waals surface area contributed by atoms with E-state index in [1.807, 2.05) is 43.9 Å². The van der Waals surface area contributed by atoms with Crippen molar-refractivity contribution in [2.24, 2.45) is 0 Å². The Morgan fingerprint density at radius 2 is 2.00 bits per heavy atom. The number of fused-ring (bicyclic) bond motifs is 1. The highest BCUT2D eigenvalue weighted by atomic mass is 32.2. The second kappa shape index (κ2) is 5.24. The fourth-order valence-electron chi connectivity index (χ4n) is 1.42. The molecule has 2 rings (SSSR count). The molecule has 2 aromatic rings. The first kappa shape index (κ1) is 12.7. The largest absolute Gasteiger partial charge is 0.323 e. The van der Waals surface area contributed by atoms with Gasteiger partial charge in [-0.2, -0.15) is 0 Å². The smallest absolute Gasteiger partial charge is 0.0972 e. The molecule has 2 nitrogen and oxygen atoms in total. The summed E-state index contributed by atoms with van der Waals surface area (Å²) < 4.78 is 12.0. The zero-order chi connectivity index (χ0) is 12.3. The van der Waals surface area contributed by atoms with Gasteiger partial charge in [0.05, 0.1) is 23.2 Å². The van der Waals surface area contributed by atoms with E-state index in [-0.39, 0.29) is 0 Å². The van der Waals surface area contributed by atoms with Crippen LogP contribution in [0, 0.1) is 0 Å². The minimum atomic E-state index is -1.98. The maximum atomic E-state index is 12.0. The Kier molecular flexibility index (Phi) is 3.90. The van der Waals surface area contributed by atoms with Crippen LogP contribution in [-0.2, 0) is 4.57 Å². The molecule has 1 atom stereocenters. The van der Waals surface area contributed by atoms with Gasteiger partial charge in [0.2, 0.25) is 0 Å². The molecule has 0 saturated carbocycles. The van der Waals surface area contributed by atoms with Crippen molar-refractivity contribution in [3.05, 3.63) is 36.4 Å². The van der Waals surface area contributed by atoms with Gasteiger partial charge in [-0.3, -0.25) is 0 Å². The summed E-state index contributed by atoms with van der Waals surface area (Å²) in [5.74, 6) is 0. The van der Waals surface area contributed by atoms with E-state index < -0.39 is 7.14 Å². The molecular formula is C13H16NOPS. The maximum Gasteiger partial charge on any atom is 0.0972 e. The van der Waals surface area contributed by atoms with Gasteiger partial charge in [-0.15, -0.1) is 0 Å². The molecule has 0 fully saturated rings. The summed E-state index contributed by atoms with van der Waals surface area (Å²) in [6, 6.07) is 12.1. The molecule has 0 amide bonds. The van der Waals surface area contributed by atoms with Crippen LogP contribution in [0.1, 0.15) is 6.92 Å². The van der Waals surface area contributed by atoms with Crippen LogP contribution in [0.4, 0.5) is 0 Å². The predicted octanol–water partition coefficient (Wildman–Crippen LogP) is 4.30. The summed E-state index contributed by atoms with van der Waals surface area (Å²) >= 11 is 1.59. The molecule has 0 aliphatic carbocycles. The van der Waals surface area contributed by atoms with E-state index in [4.69, 9.17) is 0 Å². The second-order valence-corrected chi connectivity index (χ2v) is 9.19. The standard InChI is InChI=1S/C13H16NOPS/c1-3-16(2,15)10-17-13-9-8-11-6-4-5-7-12(11)14-13/h4-9H,3,10H2,1-2H3. The number of aromatic nitrogens is 1. The van der Waals surface area contributed by atoms with Crippen LogP contribution in [0.2, 0.25) is 0 Å². The first-order valence-electron chi connectivity index (χ1n) is 5.65. The zero-order valence-electron chi connectivity index (χ0n) is 10.1. The number of hydrogen-bond donors (Lipinski definition) is 0. The number of thioether (sulfide) groups is 1. The molecule has 0 N–H and O–H groups in total. The lowest BCUT2D eigenvalue weighted by Gasteiger charge is -2.09. The summed E-state index contributed by atoms with van der Waals surface area (Å²) in [6.07, 6.45) is 0.758. The van der Waals surface area contributed by atoms with Gasteiger partial charge in [0, 0.05) is 5.39 Å². The molecule has 0 aliphatic heterocycles. The first-order chi connectivity index (χ1) is 8.11. The molecule has 0 spiro atoms. The molecule has 0 bridgehead atoms. The van der Waals surface area contributed by atoms with Gasteiger partial charge in [-0.25, -0.2) is 4.98 Å². The Bertz CT molecular complexity index is 570. The fraction of sp³-hybridized carbons (Fsp3) is 0.308. The molecule has 1 aromatic carbocycles. The van der Waals surface area contributed by atoms with E-state index in [0.29, 0.717) is 5.49 Å². The highest BCUT2D eigenvalue weighted by molar-refractivity contribution is 8.05. The summed E-state index contributed by atoms with van der Waals surface area (Å²) in [5.41, 5.74) is 1.68. The minimum Gasteiger partial charge on any atom is -0.323 e. The molecule has 0 aliphatic rings. The molecule has 1 heterocycles. The van der Waals surface area contributed by atoms with E-state index in [9.17, 15) is 4.57 Å². The van der Waals surface area contributed by atoms with Crippen LogP contribution in [0.3, 0.4) is 0 Å². The Morgan fingerprint density at radius 1 is 1.24 bits per heavy atom. The van der Waals surface area contributed by atoms with Crippen LogP contribution >= 0.6 is 18.9 Å². The van der Waals surface area contributed by atoms with Crippen LogP contribution in [0.5, 0.6) is 0 Å². The van der Waals surface area contributed by atoms with E-state index in [0.717, 1.165) is 22.1 Å². The first-order valence-corrected chi connectivity index (χ1v) is 9.16. The SMILES string of the molecule is CCP(C)(=O)CSc1ccc2ccccc2n1. The number of rotatable bonds is 4. The molecule has 0 radical (unpaired) electrons. The van der Waals surface area contributed by atoms with E-state index in [2.05, 4.69) is 11.1 Å². The third-order valence-electron chi connectivity index (χ3n) is 2.73. The van der Waals surface area contributed by atoms with Gasteiger partial charge in [0.1, 0.15) is 0 Å². The Morgan fingerprint density at radius 3 is 2.76 bits per heavy atom. The Balaban J connectivity index is 2.17. The topological polar surface area (TPSA) is 30.0 Å². The van der Waals surface area contributed by atoms with Crippen LogP contribution in [-0.4, -0.2) is 23.3 Å². The molecule has 1 unspecified atom stereocenters. The molecular weight excluding hydrogens is 249 g/mol. The lowest BCUT2D eigenvalue weighted by Crippen LogP contribution is -1.88. The third kappa shape index (κ3) is 3.34. The highest BCUT2D eigenvalue weighted by Crippen LogP contribution is 2.45. The average Bonchev–Trinajstić information content (AvgIpc) is 2.36. The van der Waals surface area contributed by atoms with Crippen LogP contribution in [0.15, 0.2) is 41.4 Å². The van der Waals surface area contributed by atoms with Crippen molar-refractivity contribution in [1.82, 2.24) is 4.98 Å². The lowest BCUT2D eigenvalue weighted by molar-refractivity contribution is 0.582. The number of hydrogen-bond acceptors (Lipinski definition) is 3. The highest BCUT2D eigenvalue weighted by Gasteiger charge is 2.12. The summed E-state index contributed by atoms with van der Waals surface area (Å²) in [4.78, 5) is 4.55. The summed E-state index contributed by atoms with van der Waals surface area (Å²) in [6.45, 7) is 3.84. The number of para-hydroxylation sites is 1. The lowest BCUT2D eigenvalue weighted by atomic mass is 10.2. The van der Waals surface area contributed by atoms with Crippen LogP contribution in [0.25, 0.3) is 10.9 Å². The summed E-state index contributed by atoms with van der Waals surface area (Å²) in [7, 11) is -1.98. The van der Waals surface area contributed by atoms with Gasteiger partial charge < -0.3 is 4.57 Å². The second-order valence-electron chi connectivity index (χ2n) is 4.23. The minimum absolute atomic E-state index is 0.675. The third-order valence-corrected chi connectivity index (χ3v) is 7.29. The number of benzene rings is 1. The zero-order valence-corrected chi connectivity index (χ0v) is 11.8. The van der Waals surface area contributed by atoms with Crippen molar-refractivity contribution in [2.45, 2.75) is 11.9 Å². The van der Waals surface area contributed by atoms with Gasteiger partial charge in [0.15, 0.2) is 0 Å². The van der Waals surface area contributed by atoms with Crippen LogP contribution < -0.4 is 0 Å². The number of nitrogens with zero attached hydrogens (tertiary/aromatic N) is 1. The average molecular weight is 265 g/mol. The summed E-state index contributed by atoms with van der Waals surface area (Å²) in [5, 5.41) is 2.10. The van der Waals surface area contributed by atoms with Gasteiger partial charge in [0.25, 0.3) is 0 Å². The van der Waals surface area contributed by atoms with E-state index in [1.165, 1.54) is 0 Å². The monoisotopic (exact) mass is 265 g/mol. The normalized spacial score (nSPS) is 14.7. The van der Waals surface area contributed by atoms with Crippen molar-refractivity contribution < 1.29 is 4.57 Å². The quantitative estimate of drug-likeness (QED) is 0.610. The fourth-order valence-corrected chi connectivity index (χ4v) is 4.10. The number of pyridine rings is 1. The maximum absolute atomic E-state index is 12.0. The molecule has 4 heteroatoms. The van der Waals surface area contributed by atoms with Gasteiger partial charge >= 0.3 is 0 Å². The van der Waals surface area contributed by atoms with E-state index in [1.54, 1.807) is 11.8 Å². The Labute approximate surface area is 106 Å². The molecule has 1 aromatic heterocycles. The molecule has 0 saturated heterocycles. The van der Waals surface area contributed by atoms with Crippen molar-refractivity contribution >= 4 is 29.8 Å². The Hall–Kier alpha value is -0.790. The molecule has 17 heavy (non-hydrogen) atoms. The predicted molar refractivity (Wildman–Crippen MR) is 76.5 cm³/mol. The van der Waals surface area contributed by atoms with Crippen molar-refractivity contribution in [3.8, 4) is 0 Å². The van der Waals surface area contributed by atoms with E-state index >= 15 is 0 Å². The van der Waals surface area contributed by atoms with Crippen molar-refractivity contribution in [3.63, 3.8) is 0 Å². The van der Waals surface area contributed by atoms with Crippen molar-refractivity contribution in [1.29, 1.82) is 0 Å². The van der Waals surface area contributed by atoms with Gasteiger partial charge in [-0.1, -0.05) is 43.0 Å². The van der Waals surface area contributed by atoms with Gasteiger partial charge in [-0.05, 0) is 25.0 Å². The van der Waals surface area contributed by atoms with Crippen molar-refractivity contribution in [2.75, 3.05) is 18.3 Å². The molecule has 90 valence electrons.